The standard InChI is InChI=1S/C26H20FN3O4S/c1-16-7-6-10-20(23(16)27)24-21(26(31)34-2)15-22(29-24)18-11-13-28-25-19(18)12-14-30(25)35(32,33)17-8-4-3-5-9-17/h3-15,29H,1-2H3. The monoisotopic (exact) mass is 489 g/mol. The molecular weight excluding hydrogens is 469 g/mol. The van der Waals surface area contributed by atoms with E-state index in [0.29, 0.717) is 22.2 Å². The van der Waals surface area contributed by atoms with Gasteiger partial charge in [0.1, 0.15) is 5.82 Å². The zero-order valence-electron chi connectivity index (χ0n) is 18.8. The third-order valence-electron chi connectivity index (χ3n) is 5.83. The molecule has 5 aromatic rings. The van der Waals surface area contributed by atoms with Crippen LogP contribution in [0.1, 0.15) is 15.9 Å². The number of halogens is 1. The number of hydrogen-bond donors (Lipinski definition) is 1. The lowest BCUT2D eigenvalue weighted by atomic mass is 10.0. The van der Waals surface area contributed by atoms with E-state index in [1.165, 1.54) is 31.6 Å². The molecule has 0 saturated carbocycles. The topological polar surface area (TPSA) is 94.0 Å². The molecule has 0 bridgehead atoms. The Hall–Kier alpha value is -4.24. The van der Waals surface area contributed by atoms with Crippen LogP contribution in [0.5, 0.6) is 0 Å². The van der Waals surface area contributed by atoms with Gasteiger partial charge >= 0.3 is 5.97 Å². The second-order valence-electron chi connectivity index (χ2n) is 7.93. The molecule has 0 aliphatic carbocycles. The Balaban J connectivity index is 1.70. The van der Waals surface area contributed by atoms with E-state index in [1.807, 2.05) is 0 Å². The van der Waals surface area contributed by atoms with Crippen molar-refractivity contribution >= 4 is 27.0 Å². The highest BCUT2D eigenvalue weighted by Crippen LogP contribution is 2.35. The minimum Gasteiger partial charge on any atom is -0.465 e. The van der Waals surface area contributed by atoms with Crippen molar-refractivity contribution in [3.63, 3.8) is 0 Å². The van der Waals surface area contributed by atoms with E-state index in [2.05, 4.69) is 9.97 Å². The number of aryl methyl sites for hydroxylation is 1. The van der Waals surface area contributed by atoms with Crippen LogP contribution in [0.4, 0.5) is 4.39 Å². The molecule has 0 aliphatic heterocycles. The first-order valence-corrected chi connectivity index (χ1v) is 12.1. The molecule has 1 N–H and O–H groups in total. The molecule has 0 atom stereocenters. The van der Waals surface area contributed by atoms with Crippen molar-refractivity contribution in [2.45, 2.75) is 11.8 Å². The molecule has 7 nitrogen and oxygen atoms in total. The Morgan fingerprint density at radius 3 is 2.54 bits per heavy atom. The zero-order valence-corrected chi connectivity index (χ0v) is 19.6. The third kappa shape index (κ3) is 3.70. The van der Waals surface area contributed by atoms with Gasteiger partial charge in [0.2, 0.25) is 0 Å². The number of H-pyrrole nitrogens is 1. The Morgan fingerprint density at radius 1 is 1.03 bits per heavy atom. The van der Waals surface area contributed by atoms with Crippen LogP contribution in [0.3, 0.4) is 0 Å². The average molecular weight is 490 g/mol. The molecule has 0 amide bonds. The van der Waals surface area contributed by atoms with Crippen LogP contribution in [0, 0.1) is 12.7 Å². The molecule has 0 saturated heterocycles. The first-order chi connectivity index (χ1) is 16.8. The molecule has 5 rings (SSSR count). The molecule has 0 aliphatic rings. The zero-order chi connectivity index (χ0) is 24.7. The van der Waals surface area contributed by atoms with Crippen molar-refractivity contribution in [1.82, 2.24) is 13.9 Å². The minimum absolute atomic E-state index is 0.134. The summed E-state index contributed by atoms with van der Waals surface area (Å²) < 4.78 is 47.4. The number of fused-ring (bicyclic) bond motifs is 1. The number of carbonyl (C=O) groups excluding carboxylic acids is 1. The molecule has 0 spiro atoms. The summed E-state index contributed by atoms with van der Waals surface area (Å²) in [5.41, 5.74) is 2.41. The Morgan fingerprint density at radius 2 is 1.80 bits per heavy atom. The highest BCUT2D eigenvalue weighted by molar-refractivity contribution is 7.90. The van der Waals surface area contributed by atoms with E-state index >= 15 is 0 Å². The molecule has 35 heavy (non-hydrogen) atoms. The highest BCUT2D eigenvalue weighted by atomic mass is 32.2. The van der Waals surface area contributed by atoms with Gasteiger partial charge < -0.3 is 9.72 Å². The van der Waals surface area contributed by atoms with Crippen LogP contribution < -0.4 is 0 Å². The normalized spacial score (nSPS) is 11.6. The van der Waals surface area contributed by atoms with Gasteiger partial charge in [-0.25, -0.2) is 26.6 Å². The van der Waals surface area contributed by atoms with Crippen LogP contribution >= 0.6 is 0 Å². The number of nitrogens with one attached hydrogen (secondary N) is 1. The lowest BCUT2D eigenvalue weighted by molar-refractivity contribution is 0.0602. The van der Waals surface area contributed by atoms with Gasteiger partial charge in [-0.05, 0) is 48.9 Å². The van der Waals surface area contributed by atoms with Crippen LogP contribution in [-0.2, 0) is 14.8 Å². The highest BCUT2D eigenvalue weighted by Gasteiger charge is 2.24. The van der Waals surface area contributed by atoms with Gasteiger partial charge in [0.15, 0.2) is 5.65 Å². The van der Waals surface area contributed by atoms with Gasteiger partial charge in [0, 0.05) is 34.6 Å². The van der Waals surface area contributed by atoms with Crippen molar-refractivity contribution in [2.75, 3.05) is 7.11 Å². The van der Waals surface area contributed by atoms with E-state index in [9.17, 15) is 17.6 Å². The number of aromatic nitrogens is 3. The summed E-state index contributed by atoms with van der Waals surface area (Å²) in [6.45, 7) is 1.64. The number of aromatic amines is 1. The van der Waals surface area contributed by atoms with E-state index in [0.717, 1.165) is 3.97 Å². The van der Waals surface area contributed by atoms with E-state index < -0.39 is 21.8 Å². The summed E-state index contributed by atoms with van der Waals surface area (Å²) in [5, 5.41) is 0.543. The van der Waals surface area contributed by atoms with Crippen LogP contribution in [-0.4, -0.2) is 35.4 Å². The van der Waals surface area contributed by atoms with Gasteiger partial charge in [-0.1, -0.05) is 30.3 Å². The summed E-state index contributed by atoms with van der Waals surface area (Å²) >= 11 is 0. The van der Waals surface area contributed by atoms with E-state index in [1.54, 1.807) is 61.5 Å². The van der Waals surface area contributed by atoms with Crippen molar-refractivity contribution < 1.29 is 22.3 Å². The van der Waals surface area contributed by atoms with Gasteiger partial charge in [-0.3, -0.25) is 0 Å². The fourth-order valence-corrected chi connectivity index (χ4v) is 5.40. The molecule has 3 aromatic heterocycles. The number of carbonyl (C=O) groups is 1. The number of rotatable bonds is 5. The predicted molar refractivity (Wildman–Crippen MR) is 130 cm³/mol. The Kier molecular flexibility index (Phi) is 5.49. The van der Waals surface area contributed by atoms with Crippen LogP contribution in [0.15, 0.2) is 84.0 Å². The quantitative estimate of drug-likeness (QED) is 0.344. The Labute approximate surface area is 200 Å². The Bertz CT molecular complexity index is 1690. The maximum Gasteiger partial charge on any atom is 0.340 e. The molecule has 3 heterocycles. The molecule has 176 valence electrons. The lowest BCUT2D eigenvalue weighted by Crippen LogP contribution is -2.12. The first-order valence-electron chi connectivity index (χ1n) is 10.7. The fraction of sp³-hybridized carbons (Fsp3) is 0.0769. The number of nitrogens with zero attached hydrogens (tertiary/aromatic N) is 2. The van der Waals surface area contributed by atoms with Gasteiger partial charge in [-0.15, -0.1) is 0 Å². The number of pyridine rings is 1. The summed E-state index contributed by atoms with van der Waals surface area (Å²) in [7, 11) is -2.62. The predicted octanol–water partition coefficient (Wildman–Crippen LogP) is 5.17. The number of ether oxygens (including phenoxy) is 1. The van der Waals surface area contributed by atoms with Gasteiger partial charge in [0.25, 0.3) is 10.0 Å². The minimum atomic E-state index is -3.87. The second kappa shape index (κ2) is 8.52. The van der Waals surface area contributed by atoms with E-state index in [-0.39, 0.29) is 27.4 Å². The lowest BCUT2D eigenvalue weighted by Gasteiger charge is -2.08. The third-order valence-corrected chi connectivity index (χ3v) is 7.51. The largest absolute Gasteiger partial charge is 0.465 e. The summed E-state index contributed by atoms with van der Waals surface area (Å²) in [6.07, 6.45) is 2.93. The smallest absolute Gasteiger partial charge is 0.340 e. The molecule has 2 aromatic carbocycles. The first kappa shape index (κ1) is 22.5. The maximum atomic E-state index is 14.9. The van der Waals surface area contributed by atoms with Crippen molar-refractivity contribution in [3.8, 4) is 22.5 Å². The molecule has 0 fully saturated rings. The molecular formula is C26H20FN3O4S. The summed E-state index contributed by atoms with van der Waals surface area (Å²) in [5.74, 6) is -1.08. The number of methoxy groups -OCH3 is 1. The van der Waals surface area contributed by atoms with Crippen molar-refractivity contribution in [1.29, 1.82) is 0 Å². The summed E-state index contributed by atoms with van der Waals surface area (Å²) in [6, 6.07) is 17.9. The molecule has 9 heteroatoms. The second-order valence-corrected chi connectivity index (χ2v) is 9.74. The fourth-order valence-electron chi connectivity index (χ4n) is 4.07. The van der Waals surface area contributed by atoms with Crippen LogP contribution in [0.2, 0.25) is 0 Å². The summed E-state index contributed by atoms with van der Waals surface area (Å²) in [4.78, 5) is 20.1. The maximum absolute atomic E-state index is 14.9. The average Bonchev–Trinajstić information content (AvgIpc) is 3.51. The molecule has 0 unspecified atom stereocenters. The van der Waals surface area contributed by atoms with Crippen molar-refractivity contribution in [2.24, 2.45) is 0 Å². The van der Waals surface area contributed by atoms with Gasteiger partial charge in [0.05, 0.1) is 23.3 Å². The van der Waals surface area contributed by atoms with Crippen LogP contribution in [0.25, 0.3) is 33.5 Å². The number of benzene rings is 2. The molecule has 0 radical (unpaired) electrons. The van der Waals surface area contributed by atoms with Crippen molar-refractivity contribution in [3.05, 3.63) is 96.1 Å². The van der Waals surface area contributed by atoms with E-state index in [4.69, 9.17) is 4.74 Å². The number of hydrogen-bond acceptors (Lipinski definition) is 5. The number of esters is 1. The SMILES string of the molecule is COC(=O)c1cc(-c2ccnc3c2ccn3S(=O)(=O)c2ccccc2)[nH]c1-c1cccc(C)c1F. The van der Waals surface area contributed by atoms with Gasteiger partial charge in [-0.2, -0.15) is 0 Å².